The van der Waals surface area contributed by atoms with Crippen LogP contribution in [0.5, 0.6) is 11.6 Å². The van der Waals surface area contributed by atoms with Crippen LogP contribution in [0.3, 0.4) is 0 Å². The van der Waals surface area contributed by atoms with E-state index in [1.165, 1.54) is 31.8 Å². The van der Waals surface area contributed by atoms with Crippen LogP contribution in [0, 0.1) is 5.82 Å². The van der Waals surface area contributed by atoms with Crippen LogP contribution in [0.4, 0.5) is 27.3 Å². The van der Waals surface area contributed by atoms with Crippen LogP contribution >= 0.6 is 23.2 Å². The molecule has 2 N–H and O–H groups in total. The molecule has 180 valence electrons. The molecule has 1 fully saturated rings. The Morgan fingerprint density at radius 3 is 2.71 bits per heavy atom. The van der Waals surface area contributed by atoms with Crippen LogP contribution < -0.4 is 20.1 Å². The Balaban J connectivity index is 1.58. The number of hydrogen-bond acceptors (Lipinski definition) is 8. The minimum absolute atomic E-state index is 0.00531. The van der Waals surface area contributed by atoms with E-state index in [2.05, 4.69) is 25.6 Å². The van der Waals surface area contributed by atoms with E-state index < -0.39 is 5.82 Å². The number of anilines is 4. The van der Waals surface area contributed by atoms with Gasteiger partial charge < -0.3 is 24.8 Å². The molecule has 1 aliphatic rings. The summed E-state index contributed by atoms with van der Waals surface area (Å²) in [4.78, 5) is 13.0. The van der Waals surface area contributed by atoms with E-state index in [9.17, 15) is 4.39 Å². The quantitative estimate of drug-likeness (QED) is 0.303. The van der Waals surface area contributed by atoms with Crippen molar-refractivity contribution in [2.45, 2.75) is 12.5 Å². The van der Waals surface area contributed by atoms with Crippen LogP contribution in [-0.2, 0) is 4.74 Å². The monoisotopic (exact) mass is 515 g/mol. The Hall–Kier alpha value is -3.40. The number of rotatable bonds is 7. The fraction of sp³-hybridized carbons (Fsp3) is 0.208. The third-order valence-corrected chi connectivity index (χ3v) is 5.88. The average molecular weight is 516 g/mol. The topological polar surface area (TPSA) is 90.4 Å². The van der Waals surface area contributed by atoms with E-state index in [0.717, 1.165) is 6.42 Å². The van der Waals surface area contributed by atoms with Crippen LogP contribution in [0.2, 0.25) is 10.0 Å². The molecule has 11 heteroatoms. The van der Waals surface area contributed by atoms with E-state index in [-0.39, 0.29) is 11.1 Å². The number of nitrogens with one attached hydrogen (secondary N) is 2. The minimum Gasteiger partial charge on any atom is -0.486 e. The van der Waals surface area contributed by atoms with E-state index in [4.69, 9.17) is 37.4 Å². The van der Waals surface area contributed by atoms with E-state index in [1.807, 2.05) is 12.1 Å². The van der Waals surface area contributed by atoms with E-state index in [0.29, 0.717) is 63.6 Å². The van der Waals surface area contributed by atoms with Crippen molar-refractivity contribution in [3.63, 3.8) is 0 Å². The number of aromatic nitrogens is 3. The van der Waals surface area contributed by atoms with Crippen molar-refractivity contribution in [3.05, 3.63) is 64.8 Å². The van der Waals surface area contributed by atoms with Crippen molar-refractivity contribution >= 4 is 57.0 Å². The summed E-state index contributed by atoms with van der Waals surface area (Å²) in [5, 5.41) is 7.64. The van der Waals surface area contributed by atoms with Crippen LogP contribution in [-0.4, -0.2) is 41.4 Å². The number of ether oxygens (including phenoxy) is 3. The molecule has 2 aromatic carbocycles. The maximum absolute atomic E-state index is 13.6. The summed E-state index contributed by atoms with van der Waals surface area (Å²) < 4.78 is 30.7. The molecule has 8 nitrogen and oxygen atoms in total. The lowest BCUT2D eigenvalue weighted by atomic mass is 10.1. The maximum Gasteiger partial charge on any atom is 0.237 e. The van der Waals surface area contributed by atoms with Gasteiger partial charge in [0.15, 0.2) is 0 Å². The zero-order valence-corrected chi connectivity index (χ0v) is 20.0. The number of fused-ring (bicyclic) bond motifs is 1. The molecule has 0 bridgehead atoms. The summed E-state index contributed by atoms with van der Waals surface area (Å²) >= 11 is 12.1. The van der Waals surface area contributed by atoms with Gasteiger partial charge in [0.05, 0.1) is 41.6 Å². The highest BCUT2D eigenvalue weighted by molar-refractivity contribution is 6.31. The van der Waals surface area contributed by atoms with Gasteiger partial charge in [0, 0.05) is 29.8 Å². The molecule has 0 unspecified atom stereocenters. The highest BCUT2D eigenvalue weighted by Gasteiger charge is 2.21. The SMILES string of the molecule is COc1ncc(Cl)cc1Nc1cc2c(Nc3ccc(F)c(Cl)c3)ncnc2cc1O[C@H]1CCOC1. The molecule has 1 atom stereocenters. The van der Waals surface area contributed by atoms with Gasteiger partial charge in [0.2, 0.25) is 5.88 Å². The van der Waals surface area contributed by atoms with Gasteiger partial charge in [0.1, 0.15) is 35.5 Å². The molecular weight excluding hydrogens is 496 g/mol. The molecule has 4 aromatic rings. The first-order chi connectivity index (χ1) is 17.0. The first-order valence-corrected chi connectivity index (χ1v) is 11.5. The lowest BCUT2D eigenvalue weighted by Gasteiger charge is -2.19. The van der Waals surface area contributed by atoms with E-state index >= 15 is 0 Å². The summed E-state index contributed by atoms with van der Waals surface area (Å²) in [5.41, 5.74) is 2.41. The van der Waals surface area contributed by atoms with Gasteiger partial charge in [-0.15, -0.1) is 0 Å². The van der Waals surface area contributed by atoms with Crippen molar-refractivity contribution < 1.29 is 18.6 Å². The largest absolute Gasteiger partial charge is 0.486 e. The highest BCUT2D eigenvalue weighted by atomic mass is 35.5. The van der Waals surface area contributed by atoms with Crippen LogP contribution in [0.25, 0.3) is 10.9 Å². The zero-order chi connectivity index (χ0) is 24.4. The summed E-state index contributed by atoms with van der Waals surface area (Å²) in [7, 11) is 1.53. The molecule has 1 saturated heterocycles. The molecule has 0 amide bonds. The fourth-order valence-electron chi connectivity index (χ4n) is 3.70. The third-order valence-electron chi connectivity index (χ3n) is 5.38. The van der Waals surface area contributed by atoms with Crippen molar-refractivity contribution in [1.82, 2.24) is 15.0 Å². The lowest BCUT2D eigenvalue weighted by molar-refractivity contribution is 0.142. The molecule has 35 heavy (non-hydrogen) atoms. The van der Waals surface area contributed by atoms with Crippen molar-refractivity contribution in [3.8, 4) is 11.6 Å². The van der Waals surface area contributed by atoms with Gasteiger partial charge in [-0.3, -0.25) is 0 Å². The summed E-state index contributed by atoms with van der Waals surface area (Å²) in [6, 6.07) is 9.74. The van der Waals surface area contributed by atoms with Gasteiger partial charge in [-0.25, -0.2) is 19.3 Å². The summed E-state index contributed by atoms with van der Waals surface area (Å²) in [6.07, 6.45) is 3.63. The van der Waals surface area contributed by atoms with Gasteiger partial charge in [-0.05, 0) is 30.3 Å². The zero-order valence-electron chi connectivity index (χ0n) is 18.5. The molecule has 1 aliphatic heterocycles. The number of hydrogen-bond donors (Lipinski definition) is 2. The Morgan fingerprint density at radius 2 is 1.94 bits per heavy atom. The van der Waals surface area contributed by atoms with Crippen LogP contribution in [0.15, 0.2) is 48.9 Å². The molecule has 5 rings (SSSR count). The minimum atomic E-state index is -0.502. The second kappa shape index (κ2) is 10.1. The van der Waals surface area contributed by atoms with Crippen molar-refractivity contribution in [2.24, 2.45) is 0 Å². The van der Waals surface area contributed by atoms with Gasteiger partial charge in [-0.1, -0.05) is 23.2 Å². The summed E-state index contributed by atoms with van der Waals surface area (Å²) in [6.45, 7) is 1.14. The van der Waals surface area contributed by atoms with Gasteiger partial charge in [-0.2, -0.15) is 0 Å². The highest BCUT2D eigenvalue weighted by Crippen LogP contribution is 2.38. The predicted molar refractivity (Wildman–Crippen MR) is 133 cm³/mol. The number of halogens is 3. The normalized spacial score (nSPS) is 15.3. The van der Waals surface area contributed by atoms with Crippen LogP contribution in [0.1, 0.15) is 6.42 Å². The predicted octanol–water partition coefficient (Wildman–Crippen LogP) is 6.13. The number of nitrogens with zero attached hydrogens (tertiary/aromatic N) is 3. The Morgan fingerprint density at radius 1 is 1.06 bits per heavy atom. The molecule has 0 saturated carbocycles. The summed E-state index contributed by atoms with van der Waals surface area (Å²) in [5.74, 6) is 0.948. The fourth-order valence-corrected chi connectivity index (χ4v) is 4.04. The first kappa shape index (κ1) is 23.3. The maximum atomic E-state index is 13.6. The smallest absolute Gasteiger partial charge is 0.237 e. The Kier molecular flexibility index (Phi) is 6.72. The molecule has 0 radical (unpaired) electrons. The Labute approximate surface area is 210 Å². The van der Waals surface area contributed by atoms with Crippen molar-refractivity contribution in [1.29, 1.82) is 0 Å². The second-order valence-corrected chi connectivity index (χ2v) is 8.62. The molecule has 2 aromatic heterocycles. The first-order valence-electron chi connectivity index (χ1n) is 10.7. The number of methoxy groups -OCH3 is 1. The lowest BCUT2D eigenvalue weighted by Crippen LogP contribution is -2.16. The van der Waals surface area contributed by atoms with Gasteiger partial charge in [0.25, 0.3) is 0 Å². The number of pyridine rings is 1. The molecule has 0 spiro atoms. The molecule has 0 aliphatic carbocycles. The van der Waals surface area contributed by atoms with Gasteiger partial charge >= 0.3 is 0 Å². The second-order valence-electron chi connectivity index (χ2n) is 7.78. The Bertz CT molecular complexity index is 1390. The van der Waals surface area contributed by atoms with Crippen molar-refractivity contribution in [2.75, 3.05) is 31.0 Å². The third kappa shape index (κ3) is 5.17. The number of benzene rings is 2. The standard InChI is InChI=1S/C24H20Cl2FN5O3/c1-33-24-21(6-13(25)10-28-24)32-20-8-16-19(9-22(20)35-15-4-5-34-11-15)29-12-30-23(16)31-14-2-3-18(27)17(26)7-14/h2-3,6-10,12,15,32H,4-5,11H2,1H3,(H,29,30,31)/t15-/m0/s1. The molecule has 3 heterocycles. The molecular formula is C24H20Cl2FN5O3. The average Bonchev–Trinajstić information content (AvgIpc) is 3.35. The van der Waals surface area contributed by atoms with E-state index in [1.54, 1.807) is 12.1 Å².